The van der Waals surface area contributed by atoms with Gasteiger partial charge in [-0.15, -0.1) is 0 Å². The molecule has 0 amide bonds. The highest BCUT2D eigenvalue weighted by Gasteiger charge is 2.29. The fourth-order valence-corrected chi connectivity index (χ4v) is 4.18. The fourth-order valence-electron chi connectivity index (χ4n) is 1.03. The Morgan fingerprint density at radius 3 is 2.44 bits per heavy atom. The van der Waals surface area contributed by atoms with E-state index in [1.807, 2.05) is 0 Å². The molecule has 0 aromatic rings. The van der Waals surface area contributed by atoms with E-state index in [-0.39, 0.29) is 5.25 Å². The molecule has 4 heteroatoms. The van der Waals surface area contributed by atoms with Crippen LogP contribution in [-0.2, 0) is 9.84 Å². The van der Waals surface area contributed by atoms with Crippen molar-refractivity contribution in [3.05, 3.63) is 0 Å². The van der Waals surface area contributed by atoms with Gasteiger partial charge in [-0.2, -0.15) is 0 Å². The maximum absolute atomic E-state index is 11.0. The summed E-state index contributed by atoms with van der Waals surface area (Å²) in [6.45, 7) is 0. The molecular weight excluding hydrogens is 204 g/mol. The minimum absolute atomic E-state index is 0.0995. The van der Waals surface area contributed by atoms with Gasteiger partial charge in [-0.1, -0.05) is 15.9 Å². The molecule has 9 heavy (non-hydrogen) atoms. The van der Waals surface area contributed by atoms with Crippen molar-refractivity contribution in [2.75, 3.05) is 11.1 Å². The van der Waals surface area contributed by atoms with Crippen molar-refractivity contribution >= 4 is 25.8 Å². The Hall–Kier alpha value is 0.430. The van der Waals surface area contributed by atoms with Gasteiger partial charge in [0, 0.05) is 5.33 Å². The highest BCUT2D eigenvalue weighted by Crippen LogP contribution is 2.20. The molecule has 1 fully saturated rings. The number of rotatable bonds is 1. The van der Waals surface area contributed by atoms with Crippen LogP contribution >= 0.6 is 15.9 Å². The van der Waals surface area contributed by atoms with E-state index in [4.69, 9.17) is 0 Å². The number of hydrogen-bond acceptors (Lipinski definition) is 2. The molecule has 2 nitrogen and oxygen atoms in total. The number of hydrogen-bond donors (Lipinski definition) is 0. The summed E-state index contributed by atoms with van der Waals surface area (Å²) >= 11 is 3.17. The van der Waals surface area contributed by atoms with Crippen molar-refractivity contribution in [2.45, 2.75) is 18.1 Å². The number of sulfone groups is 1. The molecule has 0 spiro atoms. The molecule has 1 saturated heterocycles. The van der Waals surface area contributed by atoms with Crippen molar-refractivity contribution in [2.24, 2.45) is 0 Å². The molecule has 1 unspecified atom stereocenters. The SMILES string of the molecule is O=S1(=O)CCCC1CBr. The predicted octanol–water partition coefficient (Wildman–Crippen LogP) is 0.959. The van der Waals surface area contributed by atoms with E-state index in [0.29, 0.717) is 11.1 Å². The van der Waals surface area contributed by atoms with Crippen LogP contribution in [0.5, 0.6) is 0 Å². The molecule has 0 bridgehead atoms. The molecule has 1 heterocycles. The third-order valence-electron chi connectivity index (χ3n) is 1.63. The van der Waals surface area contributed by atoms with Crippen molar-refractivity contribution in [3.8, 4) is 0 Å². The molecule has 1 aliphatic rings. The van der Waals surface area contributed by atoms with E-state index < -0.39 is 9.84 Å². The summed E-state index contributed by atoms with van der Waals surface area (Å²) in [5, 5.41) is 0.507. The summed E-state index contributed by atoms with van der Waals surface area (Å²) in [4.78, 5) is 0. The molecular formula is C5H9BrO2S. The van der Waals surface area contributed by atoms with Gasteiger partial charge in [-0.25, -0.2) is 8.42 Å². The van der Waals surface area contributed by atoms with E-state index in [0.717, 1.165) is 12.8 Å². The first-order chi connectivity index (χ1) is 4.17. The second kappa shape index (κ2) is 2.58. The summed E-state index contributed by atoms with van der Waals surface area (Å²) in [6.07, 6.45) is 1.69. The zero-order valence-electron chi connectivity index (χ0n) is 5.01. The van der Waals surface area contributed by atoms with Crippen LogP contribution in [-0.4, -0.2) is 24.8 Å². The molecule has 0 aromatic carbocycles. The Morgan fingerprint density at radius 1 is 1.56 bits per heavy atom. The smallest absolute Gasteiger partial charge is 0.153 e. The molecule has 1 aliphatic heterocycles. The Balaban J connectivity index is 2.75. The van der Waals surface area contributed by atoms with E-state index in [2.05, 4.69) is 15.9 Å². The summed E-state index contributed by atoms with van der Waals surface area (Å²) in [6, 6.07) is 0. The van der Waals surface area contributed by atoms with Crippen LogP contribution in [0.25, 0.3) is 0 Å². The Bertz CT molecular complexity index is 185. The van der Waals surface area contributed by atoms with Crippen LogP contribution in [0.4, 0.5) is 0 Å². The second-order valence-electron chi connectivity index (χ2n) is 2.29. The van der Waals surface area contributed by atoms with Gasteiger partial charge in [0.2, 0.25) is 0 Å². The minimum Gasteiger partial charge on any atom is -0.229 e. The number of halogens is 1. The molecule has 0 aliphatic carbocycles. The lowest BCUT2D eigenvalue weighted by atomic mass is 10.3. The molecule has 0 radical (unpaired) electrons. The highest BCUT2D eigenvalue weighted by atomic mass is 79.9. The van der Waals surface area contributed by atoms with Crippen LogP contribution in [0.3, 0.4) is 0 Å². The maximum atomic E-state index is 11.0. The van der Waals surface area contributed by atoms with Crippen molar-refractivity contribution < 1.29 is 8.42 Å². The van der Waals surface area contributed by atoms with Gasteiger partial charge in [-0.05, 0) is 12.8 Å². The summed E-state index contributed by atoms with van der Waals surface area (Å²) in [7, 11) is -2.68. The van der Waals surface area contributed by atoms with Crippen LogP contribution in [0, 0.1) is 0 Å². The van der Waals surface area contributed by atoms with Crippen LogP contribution in [0.2, 0.25) is 0 Å². The molecule has 1 rings (SSSR count). The molecule has 0 N–H and O–H groups in total. The normalized spacial score (nSPS) is 32.8. The lowest BCUT2D eigenvalue weighted by Crippen LogP contribution is -2.16. The monoisotopic (exact) mass is 212 g/mol. The third-order valence-corrected chi connectivity index (χ3v) is 5.12. The zero-order valence-corrected chi connectivity index (χ0v) is 7.41. The Morgan fingerprint density at radius 2 is 2.22 bits per heavy atom. The van der Waals surface area contributed by atoms with Gasteiger partial charge in [-0.3, -0.25) is 0 Å². The molecule has 1 atom stereocenters. The zero-order chi connectivity index (χ0) is 6.91. The van der Waals surface area contributed by atoms with Crippen molar-refractivity contribution in [1.29, 1.82) is 0 Å². The second-order valence-corrected chi connectivity index (χ2v) is 5.33. The van der Waals surface area contributed by atoms with Gasteiger partial charge >= 0.3 is 0 Å². The Kier molecular flexibility index (Phi) is 2.16. The lowest BCUT2D eigenvalue weighted by Gasteiger charge is -2.01. The fraction of sp³-hybridized carbons (Fsp3) is 1.00. The molecule has 0 aromatic heterocycles. The van der Waals surface area contributed by atoms with Crippen LogP contribution in [0.1, 0.15) is 12.8 Å². The minimum atomic E-state index is -2.68. The van der Waals surface area contributed by atoms with E-state index in [1.54, 1.807) is 0 Å². The van der Waals surface area contributed by atoms with Gasteiger partial charge in [0.25, 0.3) is 0 Å². The highest BCUT2D eigenvalue weighted by molar-refractivity contribution is 9.09. The predicted molar refractivity (Wildman–Crippen MR) is 40.6 cm³/mol. The number of alkyl halides is 1. The van der Waals surface area contributed by atoms with Gasteiger partial charge in [0.05, 0.1) is 11.0 Å². The molecule has 0 saturated carbocycles. The Labute approximate surface area is 63.7 Å². The quantitative estimate of drug-likeness (QED) is 0.608. The van der Waals surface area contributed by atoms with Crippen molar-refractivity contribution in [1.82, 2.24) is 0 Å². The average Bonchev–Trinajstić information content (AvgIpc) is 2.08. The van der Waals surface area contributed by atoms with E-state index in [9.17, 15) is 8.42 Å². The summed E-state index contributed by atoms with van der Waals surface area (Å²) in [5.41, 5.74) is 0. The summed E-state index contributed by atoms with van der Waals surface area (Å²) < 4.78 is 21.9. The average molecular weight is 213 g/mol. The topological polar surface area (TPSA) is 34.1 Å². The largest absolute Gasteiger partial charge is 0.229 e. The van der Waals surface area contributed by atoms with Crippen molar-refractivity contribution in [3.63, 3.8) is 0 Å². The first-order valence-electron chi connectivity index (χ1n) is 2.94. The standard InChI is InChI=1S/C5H9BrO2S/c6-4-5-2-1-3-9(5,7)8/h5H,1-4H2. The van der Waals surface area contributed by atoms with E-state index in [1.165, 1.54) is 0 Å². The first kappa shape index (κ1) is 7.54. The third kappa shape index (κ3) is 1.46. The van der Waals surface area contributed by atoms with Gasteiger partial charge in [0.15, 0.2) is 9.84 Å². The van der Waals surface area contributed by atoms with Gasteiger partial charge < -0.3 is 0 Å². The van der Waals surface area contributed by atoms with Gasteiger partial charge in [0.1, 0.15) is 0 Å². The molecule has 54 valence electrons. The van der Waals surface area contributed by atoms with E-state index >= 15 is 0 Å². The first-order valence-corrected chi connectivity index (χ1v) is 5.78. The lowest BCUT2D eigenvalue weighted by molar-refractivity contribution is 0.594. The van der Waals surface area contributed by atoms with Crippen LogP contribution < -0.4 is 0 Å². The van der Waals surface area contributed by atoms with Crippen LogP contribution in [0.15, 0.2) is 0 Å². The summed E-state index contributed by atoms with van der Waals surface area (Å²) in [5.74, 6) is 0.392. The maximum Gasteiger partial charge on any atom is 0.153 e.